The second-order valence-corrected chi connectivity index (χ2v) is 6.25. The normalized spacial score (nSPS) is 23.1. The molecule has 0 spiro atoms. The fourth-order valence-electron chi connectivity index (χ4n) is 2.23. The van der Waals surface area contributed by atoms with Crippen molar-refractivity contribution < 1.29 is 0 Å². The van der Waals surface area contributed by atoms with Gasteiger partial charge in [0, 0.05) is 31.7 Å². The molecule has 0 aromatic heterocycles. The van der Waals surface area contributed by atoms with E-state index in [1.807, 2.05) is 0 Å². The first-order valence-electron chi connectivity index (χ1n) is 7.12. The molecule has 1 unspecified atom stereocenters. The second-order valence-electron chi connectivity index (χ2n) is 6.25. The van der Waals surface area contributed by atoms with Crippen LogP contribution in [0.4, 0.5) is 0 Å². The molecule has 2 aliphatic carbocycles. The molecular weight excluding hydrogens is 196 g/mol. The summed E-state index contributed by atoms with van der Waals surface area (Å²) < 4.78 is 0. The van der Waals surface area contributed by atoms with Gasteiger partial charge in [-0.15, -0.1) is 0 Å². The zero-order valence-corrected chi connectivity index (χ0v) is 11.2. The van der Waals surface area contributed by atoms with Gasteiger partial charge in [0.05, 0.1) is 0 Å². The molecule has 1 atom stereocenters. The molecule has 1 N–H and O–H groups in total. The van der Waals surface area contributed by atoms with Crippen LogP contribution in [0.15, 0.2) is 0 Å². The SMILES string of the molecule is CC(C)NCC(C)N(CC1CC1)CC1CC1. The number of hydrogen-bond donors (Lipinski definition) is 1. The Morgan fingerprint density at radius 3 is 1.88 bits per heavy atom. The Bertz CT molecular complexity index is 193. The largest absolute Gasteiger partial charge is 0.313 e. The fourth-order valence-corrected chi connectivity index (χ4v) is 2.23. The van der Waals surface area contributed by atoms with Crippen LogP contribution in [0, 0.1) is 11.8 Å². The minimum atomic E-state index is 0.617. The quantitative estimate of drug-likeness (QED) is 0.681. The smallest absolute Gasteiger partial charge is 0.0192 e. The van der Waals surface area contributed by atoms with Gasteiger partial charge in [0.1, 0.15) is 0 Å². The molecule has 2 fully saturated rings. The Morgan fingerprint density at radius 2 is 1.50 bits per heavy atom. The second kappa shape index (κ2) is 5.50. The molecular formula is C14H28N2. The van der Waals surface area contributed by atoms with Crippen molar-refractivity contribution in [3.63, 3.8) is 0 Å². The third kappa shape index (κ3) is 4.42. The highest BCUT2D eigenvalue weighted by atomic mass is 15.2. The summed E-state index contributed by atoms with van der Waals surface area (Å²) in [7, 11) is 0. The molecule has 94 valence electrons. The highest BCUT2D eigenvalue weighted by Crippen LogP contribution is 2.34. The van der Waals surface area contributed by atoms with Gasteiger partial charge in [0.15, 0.2) is 0 Å². The molecule has 0 aromatic carbocycles. The molecule has 0 aliphatic heterocycles. The summed E-state index contributed by atoms with van der Waals surface area (Å²) in [6.45, 7) is 10.7. The van der Waals surface area contributed by atoms with Crippen LogP contribution >= 0.6 is 0 Å². The van der Waals surface area contributed by atoms with E-state index < -0.39 is 0 Å². The van der Waals surface area contributed by atoms with E-state index in [1.54, 1.807) is 0 Å². The van der Waals surface area contributed by atoms with Gasteiger partial charge in [0.25, 0.3) is 0 Å². The molecule has 16 heavy (non-hydrogen) atoms. The molecule has 2 saturated carbocycles. The first kappa shape index (κ1) is 12.4. The first-order valence-corrected chi connectivity index (χ1v) is 7.12. The van der Waals surface area contributed by atoms with E-state index in [0.717, 1.165) is 18.4 Å². The maximum Gasteiger partial charge on any atom is 0.0192 e. The van der Waals surface area contributed by atoms with Gasteiger partial charge in [-0.2, -0.15) is 0 Å². The molecule has 0 aromatic rings. The van der Waals surface area contributed by atoms with Crippen LogP contribution in [-0.4, -0.2) is 36.6 Å². The standard InChI is InChI=1S/C14H28N2/c1-11(2)15-8-12(3)16(9-13-4-5-13)10-14-6-7-14/h11-15H,4-10H2,1-3H3. The van der Waals surface area contributed by atoms with E-state index in [0.29, 0.717) is 12.1 Å². The van der Waals surface area contributed by atoms with Gasteiger partial charge < -0.3 is 5.32 Å². The summed E-state index contributed by atoms with van der Waals surface area (Å²) in [6.07, 6.45) is 5.91. The molecule has 0 saturated heterocycles. The summed E-state index contributed by atoms with van der Waals surface area (Å²) in [4.78, 5) is 2.74. The summed E-state index contributed by atoms with van der Waals surface area (Å²) in [5, 5.41) is 3.57. The van der Waals surface area contributed by atoms with Crippen LogP contribution < -0.4 is 5.32 Å². The van der Waals surface area contributed by atoms with Gasteiger partial charge in [-0.05, 0) is 44.4 Å². The summed E-state index contributed by atoms with van der Waals surface area (Å²) in [6, 6.07) is 1.33. The van der Waals surface area contributed by atoms with Crippen LogP contribution in [0.5, 0.6) is 0 Å². The van der Waals surface area contributed by atoms with E-state index in [1.165, 1.54) is 38.8 Å². The summed E-state index contributed by atoms with van der Waals surface area (Å²) >= 11 is 0. The van der Waals surface area contributed by atoms with Crippen LogP contribution in [0.1, 0.15) is 46.5 Å². The highest BCUT2D eigenvalue weighted by molar-refractivity contribution is 4.85. The van der Waals surface area contributed by atoms with E-state index in [9.17, 15) is 0 Å². The van der Waals surface area contributed by atoms with Gasteiger partial charge in [-0.25, -0.2) is 0 Å². The number of hydrogen-bond acceptors (Lipinski definition) is 2. The third-order valence-electron chi connectivity index (χ3n) is 3.82. The zero-order valence-electron chi connectivity index (χ0n) is 11.2. The van der Waals surface area contributed by atoms with Crippen molar-refractivity contribution in [3.8, 4) is 0 Å². The van der Waals surface area contributed by atoms with Crippen LogP contribution in [0.25, 0.3) is 0 Å². The maximum absolute atomic E-state index is 3.57. The fraction of sp³-hybridized carbons (Fsp3) is 1.00. The van der Waals surface area contributed by atoms with Crippen molar-refractivity contribution >= 4 is 0 Å². The maximum atomic E-state index is 3.57. The van der Waals surface area contributed by atoms with Crippen LogP contribution in [-0.2, 0) is 0 Å². The van der Waals surface area contributed by atoms with Gasteiger partial charge in [-0.3, -0.25) is 4.90 Å². The van der Waals surface area contributed by atoms with Crippen molar-refractivity contribution in [2.24, 2.45) is 11.8 Å². The molecule has 0 bridgehead atoms. The summed E-state index contributed by atoms with van der Waals surface area (Å²) in [5.41, 5.74) is 0. The lowest BCUT2D eigenvalue weighted by Gasteiger charge is -2.30. The lowest BCUT2D eigenvalue weighted by Crippen LogP contribution is -2.44. The molecule has 0 amide bonds. The Morgan fingerprint density at radius 1 is 1.00 bits per heavy atom. The number of rotatable bonds is 8. The lowest BCUT2D eigenvalue weighted by molar-refractivity contribution is 0.186. The topological polar surface area (TPSA) is 15.3 Å². The summed E-state index contributed by atoms with van der Waals surface area (Å²) in [5.74, 6) is 2.06. The Balaban J connectivity index is 1.73. The average molecular weight is 224 g/mol. The van der Waals surface area contributed by atoms with Crippen molar-refractivity contribution in [3.05, 3.63) is 0 Å². The van der Waals surface area contributed by atoms with E-state index in [2.05, 4.69) is 31.0 Å². The van der Waals surface area contributed by atoms with Crippen molar-refractivity contribution in [2.75, 3.05) is 19.6 Å². The van der Waals surface area contributed by atoms with E-state index in [-0.39, 0.29) is 0 Å². The van der Waals surface area contributed by atoms with Crippen molar-refractivity contribution in [1.29, 1.82) is 0 Å². The Labute approximate surface area is 101 Å². The van der Waals surface area contributed by atoms with Crippen molar-refractivity contribution in [2.45, 2.75) is 58.5 Å². The predicted molar refractivity (Wildman–Crippen MR) is 69.6 cm³/mol. The molecule has 2 heteroatoms. The third-order valence-corrected chi connectivity index (χ3v) is 3.82. The van der Waals surface area contributed by atoms with E-state index in [4.69, 9.17) is 0 Å². The monoisotopic (exact) mass is 224 g/mol. The van der Waals surface area contributed by atoms with Gasteiger partial charge in [-0.1, -0.05) is 13.8 Å². The van der Waals surface area contributed by atoms with E-state index >= 15 is 0 Å². The van der Waals surface area contributed by atoms with Gasteiger partial charge >= 0.3 is 0 Å². The molecule has 2 rings (SSSR count). The van der Waals surface area contributed by atoms with Crippen LogP contribution in [0.2, 0.25) is 0 Å². The molecule has 0 radical (unpaired) electrons. The molecule has 2 nitrogen and oxygen atoms in total. The lowest BCUT2D eigenvalue weighted by atomic mass is 10.2. The number of nitrogens with one attached hydrogen (secondary N) is 1. The average Bonchev–Trinajstić information content (AvgIpc) is 3.06. The highest BCUT2D eigenvalue weighted by Gasteiger charge is 2.31. The van der Waals surface area contributed by atoms with Gasteiger partial charge in [0.2, 0.25) is 0 Å². The Hall–Kier alpha value is -0.0800. The predicted octanol–water partition coefficient (Wildman–Crippen LogP) is 2.49. The molecule has 0 heterocycles. The minimum absolute atomic E-state index is 0.617. The first-order chi connectivity index (χ1) is 7.65. The van der Waals surface area contributed by atoms with Crippen molar-refractivity contribution in [1.82, 2.24) is 10.2 Å². The minimum Gasteiger partial charge on any atom is -0.313 e. The Kier molecular flexibility index (Phi) is 4.26. The zero-order chi connectivity index (χ0) is 11.5. The number of nitrogens with zero attached hydrogens (tertiary/aromatic N) is 1. The van der Waals surface area contributed by atoms with Crippen LogP contribution in [0.3, 0.4) is 0 Å². The molecule has 2 aliphatic rings.